The first kappa shape index (κ1) is 24.6. The Morgan fingerprint density at radius 3 is 2.11 bits per heavy atom. The fraction of sp³-hybridized carbons (Fsp3) is 0.154. The molecule has 0 aromatic heterocycles. The predicted molar refractivity (Wildman–Crippen MR) is 124 cm³/mol. The van der Waals surface area contributed by atoms with Crippen molar-refractivity contribution in [1.82, 2.24) is 0 Å². The van der Waals surface area contributed by atoms with Crippen molar-refractivity contribution in [2.45, 2.75) is 12.2 Å². The smallest absolute Gasteiger partial charge is 0.416 e. The quantitative estimate of drug-likeness (QED) is 0.290. The third-order valence-corrected chi connectivity index (χ3v) is 5.79. The van der Waals surface area contributed by atoms with Crippen LogP contribution in [0.25, 0.3) is 5.76 Å². The number of aromatic hydroxyl groups is 1. The van der Waals surface area contributed by atoms with Crippen LogP contribution < -0.4 is 14.4 Å². The number of aliphatic hydroxyl groups excluding tert-OH is 1. The molecule has 186 valence electrons. The number of halogens is 3. The normalized spacial score (nSPS) is 17.4. The van der Waals surface area contributed by atoms with Crippen LogP contribution in [0, 0.1) is 0 Å². The molecular weight excluding hydrogens is 479 g/mol. The number of Topliss-reactive ketones (excluding diaryl/α,β-unsaturated/α-hetero) is 1. The maximum Gasteiger partial charge on any atom is 0.416 e. The number of benzene rings is 3. The van der Waals surface area contributed by atoms with E-state index >= 15 is 0 Å². The van der Waals surface area contributed by atoms with Crippen molar-refractivity contribution in [2.24, 2.45) is 0 Å². The maximum atomic E-state index is 13.2. The first-order valence-corrected chi connectivity index (χ1v) is 10.6. The number of ketones is 1. The minimum absolute atomic E-state index is 0.0175. The number of alkyl halides is 3. The molecule has 3 aromatic rings. The summed E-state index contributed by atoms with van der Waals surface area (Å²) in [5.74, 6) is -2.12. The molecule has 1 saturated heterocycles. The SMILES string of the molecule is COc1ccc(/C(O)=C2/C(=O)C(=O)N(c3ccc(C(F)(F)F)cc3)C2c2ccc(O)cc2)c(OC)c1. The van der Waals surface area contributed by atoms with Gasteiger partial charge in [0.1, 0.15) is 23.0 Å². The van der Waals surface area contributed by atoms with Gasteiger partial charge in [-0.05, 0) is 54.1 Å². The van der Waals surface area contributed by atoms with Crippen LogP contribution in [0.1, 0.15) is 22.7 Å². The summed E-state index contributed by atoms with van der Waals surface area (Å²) in [6.07, 6.45) is -4.59. The van der Waals surface area contributed by atoms with Crippen LogP contribution in [0.4, 0.5) is 18.9 Å². The molecule has 7 nitrogen and oxygen atoms in total. The molecule has 10 heteroatoms. The number of carbonyl (C=O) groups is 2. The molecule has 0 spiro atoms. The van der Waals surface area contributed by atoms with E-state index in [2.05, 4.69) is 0 Å². The molecule has 0 bridgehead atoms. The van der Waals surface area contributed by atoms with Crippen molar-refractivity contribution >= 4 is 23.1 Å². The van der Waals surface area contributed by atoms with Crippen LogP contribution in [0.5, 0.6) is 17.2 Å². The highest BCUT2D eigenvalue weighted by atomic mass is 19.4. The Bertz CT molecular complexity index is 1350. The lowest BCUT2D eigenvalue weighted by Gasteiger charge is -2.26. The second-order valence-electron chi connectivity index (χ2n) is 7.87. The topological polar surface area (TPSA) is 96.3 Å². The third kappa shape index (κ3) is 4.33. The molecule has 36 heavy (non-hydrogen) atoms. The van der Waals surface area contributed by atoms with Crippen molar-refractivity contribution in [3.8, 4) is 17.2 Å². The van der Waals surface area contributed by atoms with Crippen LogP contribution in [-0.2, 0) is 15.8 Å². The van der Waals surface area contributed by atoms with E-state index < -0.39 is 35.2 Å². The molecular formula is C26H20F3NO6. The van der Waals surface area contributed by atoms with Gasteiger partial charge < -0.3 is 19.7 Å². The van der Waals surface area contributed by atoms with Crippen LogP contribution >= 0.6 is 0 Å². The number of hydrogen-bond acceptors (Lipinski definition) is 6. The van der Waals surface area contributed by atoms with Crippen molar-refractivity contribution < 1.29 is 42.4 Å². The molecule has 1 fully saturated rings. The van der Waals surface area contributed by atoms with Gasteiger partial charge in [0.05, 0.1) is 37.0 Å². The molecule has 1 atom stereocenters. The second-order valence-corrected chi connectivity index (χ2v) is 7.87. The van der Waals surface area contributed by atoms with Gasteiger partial charge in [0, 0.05) is 11.8 Å². The molecule has 3 aromatic carbocycles. The lowest BCUT2D eigenvalue weighted by Crippen LogP contribution is -2.29. The molecule has 1 unspecified atom stereocenters. The van der Waals surface area contributed by atoms with E-state index in [4.69, 9.17) is 9.47 Å². The maximum absolute atomic E-state index is 13.2. The van der Waals surface area contributed by atoms with Crippen LogP contribution in [0.3, 0.4) is 0 Å². The number of methoxy groups -OCH3 is 2. The second kappa shape index (κ2) is 9.29. The Morgan fingerprint density at radius 2 is 1.56 bits per heavy atom. The third-order valence-electron chi connectivity index (χ3n) is 5.79. The number of carbonyl (C=O) groups excluding carboxylic acids is 2. The first-order chi connectivity index (χ1) is 17.1. The lowest BCUT2D eigenvalue weighted by molar-refractivity contribution is -0.137. The number of phenolic OH excluding ortho intramolecular Hbond substituents is 1. The van der Waals surface area contributed by atoms with Gasteiger partial charge in [0.25, 0.3) is 11.7 Å². The van der Waals surface area contributed by atoms with E-state index in [1.54, 1.807) is 0 Å². The summed E-state index contributed by atoms with van der Waals surface area (Å²) in [6, 6.07) is 12.6. The van der Waals surface area contributed by atoms with Gasteiger partial charge in [0.2, 0.25) is 0 Å². The minimum Gasteiger partial charge on any atom is -0.508 e. The average Bonchev–Trinajstić information content (AvgIpc) is 3.13. The van der Waals surface area contributed by atoms with Gasteiger partial charge in [-0.2, -0.15) is 13.2 Å². The van der Waals surface area contributed by atoms with Crippen molar-refractivity contribution in [1.29, 1.82) is 0 Å². The van der Waals surface area contributed by atoms with Crippen LogP contribution in [0.15, 0.2) is 72.3 Å². The largest absolute Gasteiger partial charge is 0.508 e. The number of hydrogen-bond donors (Lipinski definition) is 2. The standard InChI is InChI=1S/C26H20F3NO6/c1-35-18-11-12-19(20(13-18)36-2)23(32)21-22(14-3-9-17(31)10-4-14)30(25(34)24(21)33)16-7-5-15(6-8-16)26(27,28)29/h3-13,22,31-32H,1-2H3/b23-21-. The van der Waals surface area contributed by atoms with Gasteiger partial charge in [0.15, 0.2) is 0 Å². The summed E-state index contributed by atoms with van der Waals surface area (Å²) in [7, 11) is 2.79. The number of ether oxygens (including phenoxy) is 2. The Hall–Kier alpha value is -4.47. The number of aliphatic hydroxyl groups is 1. The number of rotatable bonds is 5. The molecule has 1 heterocycles. The average molecular weight is 499 g/mol. The van der Waals surface area contributed by atoms with Gasteiger partial charge >= 0.3 is 6.18 Å². The van der Waals surface area contributed by atoms with E-state index in [0.717, 1.165) is 29.2 Å². The highest BCUT2D eigenvalue weighted by Gasteiger charge is 2.47. The summed E-state index contributed by atoms with van der Waals surface area (Å²) >= 11 is 0. The first-order valence-electron chi connectivity index (χ1n) is 10.6. The number of amides is 1. The Morgan fingerprint density at radius 1 is 0.917 bits per heavy atom. The van der Waals surface area contributed by atoms with Gasteiger partial charge in [-0.15, -0.1) is 0 Å². The van der Waals surface area contributed by atoms with E-state index in [-0.39, 0.29) is 28.3 Å². The van der Waals surface area contributed by atoms with Crippen molar-refractivity contribution in [3.63, 3.8) is 0 Å². The fourth-order valence-electron chi connectivity index (χ4n) is 4.02. The summed E-state index contributed by atoms with van der Waals surface area (Å²) in [4.78, 5) is 27.4. The molecule has 2 N–H and O–H groups in total. The lowest BCUT2D eigenvalue weighted by atomic mass is 9.94. The summed E-state index contributed by atoms with van der Waals surface area (Å²) in [5, 5.41) is 21.0. The summed E-state index contributed by atoms with van der Waals surface area (Å²) in [5.41, 5.74) is -0.765. The van der Waals surface area contributed by atoms with E-state index in [1.165, 1.54) is 56.7 Å². The molecule has 1 aliphatic heterocycles. The number of anilines is 1. The zero-order valence-electron chi connectivity index (χ0n) is 19.0. The monoisotopic (exact) mass is 499 g/mol. The fourth-order valence-corrected chi connectivity index (χ4v) is 4.02. The summed E-state index contributed by atoms with van der Waals surface area (Å²) in [6.45, 7) is 0. The molecule has 1 aliphatic rings. The molecule has 4 rings (SSSR count). The van der Waals surface area contributed by atoms with Crippen LogP contribution in [-0.4, -0.2) is 36.1 Å². The van der Waals surface area contributed by atoms with Gasteiger partial charge in [-0.25, -0.2) is 0 Å². The van der Waals surface area contributed by atoms with Gasteiger partial charge in [-0.3, -0.25) is 14.5 Å². The highest BCUT2D eigenvalue weighted by molar-refractivity contribution is 6.51. The Kier molecular flexibility index (Phi) is 6.36. The zero-order chi connectivity index (χ0) is 26.2. The predicted octanol–water partition coefficient (Wildman–Crippen LogP) is 5.05. The van der Waals surface area contributed by atoms with Gasteiger partial charge in [-0.1, -0.05) is 12.1 Å². The summed E-state index contributed by atoms with van der Waals surface area (Å²) < 4.78 is 49.7. The van der Waals surface area contributed by atoms with Crippen molar-refractivity contribution in [2.75, 3.05) is 19.1 Å². The Balaban J connectivity index is 1.92. The number of phenols is 1. The van der Waals surface area contributed by atoms with Crippen molar-refractivity contribution in [3.05, 3.63) is 89.0 Å². The highest BCUT2D eigenvalue weighted by Crippen LogP contribution is 2.44. The molecule has 0 radical (unpaired) electrons. The minimum atomic E-state index is -4.59. The van der Waals surface area contributed by atoms with E-state index in [1.807, 2.05) is 0 Å². The zero-order valence-corrected chi connectivity index (χ0v) is 19.0. The number of nitrogens with zero attached hydrogens (tertiary/aromatic N) is 1. The molecule has 0 saturated carbocycles. The Labute approximate surface area is 203 Å². The molecule has 0 aliphatic carbocycles. The van der Waals surface area contributed by atoms with Crippen LogP contribution in [0.2, 0.25) is 0 Å². The molecule has 1 amide bonds. The van der Waals surface area contributed by atoms with E-state index in [9.17, 15) is 33.0 Å². The van der Waals surface area contributed by atoms with E-state index in [0.29, 0.717) is 11.3 Å².